The standard InChI is InChI=1S/C9H15N2O.C2H6.W.H/c1-11-6-4-9(8(11)12)3-2-5-10-7-9;1-2;;/h2-7H2,1H3;1-2H3;;/q-1;;;-1/i;;;1+1. The van der Waals surface area contributed by atoms with E-state index in [0.717, 1.165) is 38.9 Å². The van der Waals surface area contributed by atoms with Crippen LogP contribution in [0, 0.1) is 5.41 Å². The van der Waals surface area contributed by atoms with Gasteiger partial charge < -0.3 is 11.6 Å². The molecule has 4 heteroatoms. The van der Waals surface area contributed by atoms with Crippen LogP contribution in [0.3, 0.4) is 0 Å². The molecule has 2 rings (SSSR count). The van der Waals surface area contributed by atoms with Crippen LogP contribution in [0.25, 0.3) is 5.32 Å². The van der Waals surface area contributed by atoms with Gasteiger partial charge in [-0.3, -0.25) is 4.79 Å². The van der Waals surface area contributed by atoms with Gasteiger partial charge in [0.2, 0.25) is 5.91 Å². The zero-order valence-corrected chi connectivity index (χ0v) is 12.9. The Bertz CT molecular complexity index is 203. The van der Waals surface area contributed by atoms with Crippen molar-refractivity contribution < 1.29 is 27.3 Å². The number of hydrogen-bond acceptors (Lipinski definition) is 1. The van der Waals surface area contributed by atoms with Crippen LogP contribution in [0.15, 0.2) is 0 Å². The van der Waals surface area contributed by atoms with E-state index in [9.17, 15) is 4.79 Å². The van der Waals surface area contributed by atoms with Gasteiger partial charge in [0.15, 0.2) is 0 Å². The van der Waals surface area contributed by atoms with Crippen molar-refractivity contribution in [1.82, 2.24) is 4.90 Å². The van der Waals surface area contributed by atoms with Crippen molar-refractivity contribution >= 4 is 5.91 Å². The molecule has 1 amide bonds. The van der Waals surface area contributed by atoms with Gasteiger partial charge in [0.05, 0.1) is 0 Å². The zero-order chi connectivity index (χ0) is 10.6. The summed E-state index contributed by atoms with van der Waals surface area (Å²) in [5, 5.41) is 4.35. The van der Waals surface area contributed by atoms with Crippen molar-refractivity contribution in [1.29, 1.82) is 0 Å². The Morgan fingerprint density at radius 3 is 2.47 bits per heavy atom. The summed E-state index contributed by atoms with van der Waals surface area (Å²) in [5.41, 5.74) is -0.0764. The summed E-state index contributed by atoms with van der Waals surface area (Å²) < 4.78 is 0. The monoisotopic (exact) mass is 383 g/mol. The predicted octanol–water partition coefficient (Wildman–Crippen LogP) is 2.14. The van der Waals surface area contributed by atoms with Crippen molar-refractivity contribution in [3.8, 4) is 0 Å². The van der Waals surface area contributed by atoms with Crippen LogP contribution in [-0.4, -0.2) is 37.5 Å². The van der Waals surface area contributed by atoms with Gasteiger partial charge >= 0.3 is 0 Å². The van der Waals surface area contributed by atoms with Crippen molar-refractivity contribution in [2.75, 3.05) is 26.7 Å². The van der Waals surface area contributed by atoms with E-state index in [2.05, 4.69) is 5.32 Å². The molecule has 2 aliphatic rings. The van der Waals surface area contributed by atoms with Gasteiger partial charge in [-0.2, -0.15) is 0 Å². The molecule has 1 unspecified atom stereocenters. The predicted molar refractivity (Wildman–Crippen MR) is 59.5 cm³/mol. The minimum Gasteiger partial charge on any atom is -1.00 e. The second-order valence-corrected chi connectivity index (χ2v) is 3.97. The van der Waals surface area contributed by atoms with E-state index in [1.807, 2.05) is 25.8 Å². The molecule has 0 aliphatic carbocycles. The summed E-state index contributed by atoms with van der Waals surface area (Å²) in [4.78, 5) is 13.6. The van der Waals surface area contributed by atoms with Crippen molar-refractivity contribution in [2.24, 2.45) is 5.41 Å². The van der Waals surface area contributed by atoms with Crippen LogP contribution in [-0.2, 0) is 25.9 Å². The molecule has 0 N–H and O–H groups in total. The molecule has 0 aromatic carbocycles. The van der Waals surface area contributed by atoms with Gasteiger partial charge in [0.1, 0.15) is 0 Å². The fourth-order valence-corrected chi connectivity index (χ4v) is 2.28. The number of nitrogens with zero attached hydrogens (tertiary/aromatic N) is 2. The number of piperidine rings is 1. The zero-order valence-electron chi connectivity index (χ0n) is 11.0. The van der Waals surface area contributed by atoms with Crippen molar-refractivity contribution in [3.05, 3.63) is 5.32 Å². The first-order chi connectivity index (χ1) is 6.75. The molecular formula is C11H22N2OW-2. The molecule has 1 atom stereocenters. The van der Waals surface area contributed by atoms with E-state index >= 15 is 0 Å². The molecule has 1 spiro atoms. The Morgan fingerprint density at radius 2 is 2.07 bits per heavy atom. The molecule has 90 valence electrons. The van der Waals surface area contributed by atoms with E-state index in [4.69, 9.17) is 0 Å². The fraction of sp³-hybridized carbons (Fsp3) is 0.909. The largest absolute Gasteiger partial charge is 1.00 e. The molecule has 0 aromatic heterocycles. The second kappa shape index (κ2) is 6.65. The maximum atomic E-state index is 11.7. The average Bonchev–Trinajstić information content (AvgIpc) is 2.52. The smallest absolute Gasteiger partial charge is 0.226 e. The van der Waals surface area contributed by atoms with E-state index in [1.54, 1.807) is 0 Å². The molecule has 2 fully saturated rings. The summed E-state index contributed by atoms with van der Waals surface area (Å²) in [5.74, 6) is 0.325. The summed E-state index contributed by atoms with van der Waals surface area (Å²) in [6.07, 6.45) is 3.17. The van der Waals surface area contributed by atoms with Crippen LogP contribution in [0.1, 0.15) is 34.5 Å². The minimum absolute atomic E-state index is 0. The number of amides is 1. The summed E-state index contributed by atoms with van der Waals surface area (Å²) in [6.45, 7) is 6.66. The first-order valence-electron chi connectivity index (χ1n) is 5.63. The molecule has 0 radical (unpaired) electrons. The van der Waals surface area contributed by atoms with E-state index < -0.39 is 0 Å². The third kappa shape index (κ3) is 3.04. The summed E-state index contributed by atoms with van der Waals surface area (Å²) in [7, 11) is 1.89. The second-order valence-electron chi connectivity index (χ2n) is 3.97. The maximum absolute atomic E-state index is 11.7. The Hall–Kier alpha value is 0.118. The first kappa shape index (κ1) is 15.1. The molecule has 0 saturated carbocycles. The molecule has 0 bridgehead atoms. The topological polar surface area (TPSA) is 34.4 Å². The van der Waals surface area contributed by atoms with Gasteiger partial charge in [0, 0.05) is 40.1 Å². The van der Waals surface area contributed by atoms with Crippen LogP contribution in [0.5, 0.6) is 0 Å². The van der Waals surface area contributed by atoms with E-state index in [1.165, 1.54) is 0 Å². The van der Waals surface area contributed by atoms with Crippen LogP contribution < -0.4 is 0 Å². The number of carbonyl (C=O) groups is 1. The Balaban J connectivity index is 0. The molecule has 0 aromatic rings. The Labute approximate surface area is 109 Å². The van der Waals surface area contributed by atoms with Gasteiger partial charge in [-0.15, -0.1) is 13.1 Å². The third-order valence-electron chi connectivity index (χ3n) is 3.11. The van der Waals surface area contributed by atoms with Crippen LogP contribution in [0.2, 0.25) is 0 Å². The van der Waals surface area contributed by atoms with E-state index in [0.29, 0.717) is 5.91 Å². The van der Waals surface area contributed by atoms with Gasteiger partial charge in [-0.05, 0) is 12.8 Å². The summed E-state index contributed by atoms with van der Waals surface area (Å²) in [6, 6.07) is 0. The van der Waals surface area contributed by atoms with Crippen LogP contribution in [0.4, 0.5) is 0 Å². The normalized spacial score (nSPS) is 29.5. The van der Waals surface area contributed by atoms with Crippen molar-refractivity contribution in [2.45, 2.75) is 33.1 Å². The fourth-order valence-electron chi connectivity index (χ4n) is 2.28. The molecular weight excluding hydrogens is 360 g/mol. The Morgan fingerprint density at radius 1 is 1.40 bits per heavy atom. The van der Waals surface area contributed by atoms with Crippen LogP contribution >= 0.6 is 0 Å². The molecule has 15 heavy (non-hydrogen) atoms. The van der Waals surface area contributed by atoms with Gasteiger partial charge in [-0.25, -0.2) is 0 Å². The third-order valence-corrected chi connectivity index (χ3v) is 3.11. The minimum atomic E-state index is -0.0764. The molecule has 2 heterocycles. The Kier molecular flexibility index (Phi) is 6.70. The number of rotatable bonds is 0. The first-order valence-corrected chi connectivity index (χ1v) is 5.63. The molecule has 3 nitrogen and oxygen atoms in total. The molecule has 2 saturated heterocycles. The van der Waals surface area contributed by atoms with E-state index in [-0.39, 0.29) is 27.9 Å². The number of carbonyl (C=O) groups excluding carboxylic acids is 1. The quantitative estimate of drug-likeness (QED) is 0.631. The number of likely N-dealkylation sites (tertiary alicyclic amines) is 1. The maximum Gasteiger partial charge on any atom is 0.226 e. The average molecular weight is 383 g/mol. The summed E-state index contributed by atoms with van der Waals surface area (Å²) >= 11 is 0. The van der Waals surface area contributed by atoms with Gasteiger partial charge in [-0.1, -0.05) is 20.3 Å². The van der Waals surface area contributed by atoms with Crippen molar-refractivity contribution in [3.63, 3.8) is 0 Å². The SMILES string of the molecule is CC.CN1CCC2(CCC[N-]C2)C1=O.[2H-].[W]. The van der Waals surface area contributed by atoms with Gasteiger partial charge in [0.25, 0.3) is 0 Å². The number of hydrogen-bond donors (Lipinski definition) is 0. The molecule has 2 aliphatic heterocycles.